The van der Waals surface area contributed by atoms with Crippen molar-refractivity contribution in [3.05, 3.63) is 62.9 Å². The lowest BCUT2D eigenvalue weighted by Crippen LogP contribution is -2.00. The Hall–Kier alpha value is -1.58. The van der Waals surface area contributed by atoms with Crippen molar-refractivity contribution in [1.82, 2.24) is 9.55 Å². The normalized spacial score (nSPS) is 11.2. The van der Waals surface area contributed by atoms with Gasteiger partial charge in [-0.1, -0.05) is 29.8 Å². The molecule has 0 aliphatic rings. The average Bonchev–Trinajstić information content (AvgIpc) is 2.69. The van der Waals surface area contributed by atoms with Crippen molar-refractivity contribution in [3.63, 3.8) is 0 Å². The SMILES string of the molecule is Cc1cc2[nH]c(=S)n(Cc3ccccc3Cl)c2cc1C. The molecule has 1 aromatic heterocycles. The highest BCUT2D eigenvalue weighted by Crippen LogP contribution is 2.22. The number of hydrogen-bond acceptors (Lipinski definition) is 1. The first-order valence-electron chi connectivity index (χ1n) is 6.49. The van der Waals surface area contributed by atoms with E-state index in [4.69, 9.17) is 23.8 Å². The highest BCUT2D eigenvalue weighted by Gasteiger charge is 2.08. The molecule has 20 heavy (non-hydrogen) atoms. The van der Waals surface area contributed by atoms with Gasteiger partial charge < -0.3 is 9.55 Å². The molecule has 0 amide bonds. The van der Waals surface area contributed by atoms with Gasteiger partial charge in [0.2, 0.25) is 0 Å². The zero-order chi connectivity index (χ0) is 14.3. The van der Waals surface area contributed by atoms with E-state index in [-0.39, 0.29) is 0 Å². The van der Waals surface area contributed by atoms with Crippen LogP contribution >= 0.6 is 23.8 Å². The first-order chi connectivity index (χ1) is 9.56. The first-order valence-corrected chi connectivity index (χ1v) is 7.28. The summed E-state index contributed by atoms with van der Waals surface area (Å²) < 4.78 is 2.82. The summed E-state index contributed by atoms with van der Waals surface area (Å²) in [7, 11) is 0. The molecule has 2 nitrogen and oxygen atoms in total. The minimum absolute atomic E-state index is 0.682. The summed E-state index contributed by atoms with van der Waals surface area (Å²) in [5.74, 6) is 0. The van der Waals surface area contributed by atoms with Crippen LogP contribution in [0.25, 0.3) is 11.0 Å². The fraction of sp³-hybridized carbons (Fsp3) is 0.188. The Morgan fingerprint density at radius 3 is 2.60 bits per heavy atom. The van der Waals surface area contributed by atoms with Crippen molar-refractivity contribution < 1.29 is 0 Å². The number of benzene rings is 2. The lowest BCUT2D eigenvalue weighted by molar-refractivity contribution is 0.810. The van der Waals surface area contributed by atoms with Crippen LogP contribution in [0, 0.1) is 18.6 Å². The quantitative estimate of drug-likeness (QED) is 0.659. The molecule has 4 heteroatoms. The lowest BCUT2D eigenvalue weighted by atomic mass is 10.1. The second-order valence-corrected chi connectivity index (χ2v) is 5.86. The summed E-state index contributed by atoms with van der Waals surface area (Å²) in [5.41, 5.74) is 5.80. The summed E-state index contributed by atoms with van der Waals surface area (Å²) >= 11 is 11.7. The van der Waals surface area contributed by atoms with Gasteiger partial charge in [0.15, 0.2) is 4.77 Å². The van der Waals surface area contributed by atoms with E-state index in [0.29, 0.717) is 6.54 Å². The highest BCUT2D eigenvalue weighted by molar-refractivity contribution is 7.71. The zero-order valence-electron chi connectivity index (χ0n) is 11.4. The van der Waals surface area contributed by atoms with Crippen LogP contribution < -0.4 is 0 Å². The summed E-state index contributed by atoms with van der Waals surface area (Å²) in [6.07, 6.45) is 0. The highest BCUT2D eigenvalue weighted by atomic mass is 35.5. The van der Waals surface area contributed by atoms with E-state index in [1.807, 2.05) is 24.3 Å². The fourth-order valence-corrected chi connectivity index (χ4v) is 2.84. The van der Waals surface area contributed by atoms with Crippen molar-refractivity contribution in [2.75, 3.05) is 0 Å². The molecule has 0 saturated heterocycles. The predicted octanol–water partition coefficient (Wildman–Crippen LogP) is 5.02. The van der Waals surface area contributed by atoms with Crippen LogP contribution in [-0.2, 0) is 6.54 Å². The third-order valence-corrected chi connectivity index (χ3v) is 4.37. The van der Waals surface area contributed by atoms with Crippen LogP contribution in [-0.4, -0.2) is 9.55 Å². The Bertz CT molecular complexity index is 845. The van der Waals surface area contributed by atoms with E-state index < -0.39 is 0 Å². The van der Waals surface area contributed by atoms with E-state index in [1.165, 1.54) is 11.1 Å². The molecule has 2 aromatic carbocycles. The molecule has 102 valence electrons. The Labute approximate surface area is 128 Å². The lowest BCUT2D eigenvalue weighted by Gasteiger charge is -2.08. The Kier molecular flexibility index (Phi) is 3.40. The van der Waals surface area contributed by atoms with Gasteiger partial charge in [0, 0.05) is 5.02 Å². The molecule has 0 spiro atoms. The topological polar surface area (TPSA) is 20.7 Å². The number of nitrogens with one attached hydrogen (secondary N) is 1. The second kappa shape index (κ2) is 5.08. The van der Waals surface area contributed by atoms with Gasteiger partial charge in [-0.2, -0.15) is 0 Å². The van der Waals surface area contributed by atoms with Gasteiger partial charge >= 0.3 is 0 Å². The minimum atomic E-state index is 0.682. The van der Waals surface area contributed by atoms with Crippen LogP contribution in [0.15, 0.2) is 36.4 Å². The molecule has 0 aliphatic carbocycles. The number of imidazole rings is 1. The van der Waals surface area contributed by atoms with Crippen LogP contribution in [0.3, 0.4) is 0 Å². The van der Waals surface area contributed by atoms with Crippen LogP contribution in [0.5, 0.6) is 0 Å². The van der Waals surface area contributed by atoms with Gasteiger partial charge in [0.1, 0.15) is 0 Å². The van der Waals surface area contributed by atoms with Crippen molar-refractivity contribution in [3.8, 4) is 0 Å². The number of H-pyrrole nitrogens is 1. The third kappa shape index (κ3) is 2.28. The molecule has 0 atom stereocenters. The van der Waals surface area contributed by atoms with Crippen LogP contribution in [0.2, 0.25) is 5.02 Å². The van der Waals surface area contributed by atoms with Gasteiger partial charge in [-0.3, -0.25) is 0 Å². The molecule has 0 unspecified atom stereocenters. The molecule has 0 aliphatic heterocycles. The molecule has 3 aromatic rings. The number of nitrogens with zero attached hydrogens (tertiary/aromatic N) is 1. The van der Waals surface area contributed by atoms with Crippen molar-refractivity contribution in [1.29, 1.82) is 0 Å². The molecule has 0 fully saturated rings. The van der Waals surface area contributed by atoms with Crippen LogP contribution in [0.1, 0.15) is 16.7 Å². The van der Waals surface area contributed by atoms with E-state index in [0.717, 1.165) is 26.4 Å². The number of rotatable bonds is 2. The fourth-order valence-electron chi connectivity index (χ4n) is 2.37. The molecule has 1 heterocycles. The van der Waals surface area contributed by atoms with E-state index >= 15 is 0 Å². The number of aryl methyl sites for hydroxylation is 2. The van der Waals surface area contributed by atoms with E-state index in [2.05, 4.69) is 35.5 Å². The largest absolute Gasteiger partial charge is 0.331 e. The maximum atomic E-state index is 6.24. The Morgan fingerprint density at radius 1 is 1.15 bits per heavy atom. The van der Waals surface area contributed by atoms with Gasteiger partial charge in [0.05, 0.1) is 17.6 Å². The molecule has 0 saturated carbocycles. The van der Waals surface area contributed by atoms with Gasteiger partial charge in [-0.15, -0.1) is 0 Å². The predicted molar refractivity (Wildman–Crippen MR) is 87.2 cm³/mol. The number of aromatic nitrogens is 2. The molecule has 0 bridgehead atoms. The maximum Gasteiger partial charge on any atom is 0.178 e. The van der Waals surface area contributed by atoms with Crippen LogP contribution in [0.4, 0.5) is 0 Å². The summed E-state index contributed by atoms with van der Waals surface area (Å²) in [4.78, 5) is 3.27. The van der Waals surface area contributed by atoms with Gasteiger partial charge in [-0.25, -0.2) is 0 Å². The zero-order valence-corrected chi connectivity index (χ0v) is 13.0. The third-order valence-electron chi connectivity index (χ3n) is 3.68. The van der Waals surface area contributed by atoms with E-state index in [1.54, 1.807) is 0 Å². The number of aromatic amines is 1. The second-order valence-electron chi connectivity index (χ2n) is 5.06. The summed E-state index contributed by atoms with van der Waals surface area (Å²) in [5, 5.41) is 0.771. The number of halogens is 1. The summed E-state index contributed by atoms with van der Waals surface area (Å²) in [6, 6.07) is 12.2. The molecule has 1 N–H and O–H groups in total. The summed E-state index contributed by atoms with van der Waals surface area (Å²) in [6.45, 7) is 4.91. The van der Waals surface area contributed by atoms with Gasteiger partial charge in [-0.05, 0) is 61.0 Å². The minimum Gasteiger partial charge on any atom is -0.331 e. The van der Waals surface area contributed by atoms with Gasteiger partial charge in [0.25, 0.3) is 0 Å². The molecular formula is C16H15ClN2S. The first kappa shape index (κ1) is 13.4. The van der Waals surface area contributed by atoms with Crippen molar-refractivity contribution in [2.24, 2.45) is 0 Å². The number of fused-ring (bicyclic) bond motifs is 1. The molecular weight excluding hydrogens is 288 g/mol. The van der Waals surface area contributed by atoms with E-state index in [9.17, 15) is 0 Å². The molecule has 3 rings (SSSR count). The van der Waals surface area contributed by atoms with Crippen molar-refractivity contribution in [2.45, 2.75) is 20.4 Å². The smallest absolute Gasteiger partial charge is 0.178 e. The monoisotopic (exact) mass is 302 g/mol. The average molecular weight is 303 g/mol. The Morgan fingerprint density at radius 2 is 1.85 bits per heavy atom. The molecule has 0 radical (unpaired) electrons. The maximum absolute atomic E-state index is 6.24. The standard InChI is InChI=1S/C16H15ClN2S/c1-10-7-14-15(8-11(10)2)19(16(20)18-14)9-12-5-3-4-6-13(12)17/h3-8H,9H2,1-2H3,(H,18,20). The Balaban J connectivity index is 2.17. The number of hydrogen-bond donors (Lipinski definition) is 1. The van der Waals surface area contributed by atoms with Crippen molar-refractivity contribution >= 4 is 34.9 Å².